The average molecular weight is 297 g/mol. The lowest BCUT2D eigenvalue weighted by Crippen LogP contribution is -2.31. The quantitative estimate of drug-likeness (QED) is 0.891. The molecule has 1 fully saturated rings. The zero-order valence-electron chi connectivity index (χ0n) is 12.9. The summed E-state index contributed by atoms with van der Waals surface area (Å²) in [5.74, 6) is 1.48. The maximum Gasteiger partial charge on any atom is 0.223 e. The van der Waals surface area contributed by atoms with Crippen molar-refractivity contribution in [3.05, 3.63) is 54.1 Å². The van der Waals surface area contributed by atoms with E-state index in [2.05, 4.69) is 27.0 Å². The van der Waals surface area contributed by atoms with E-state index in [0.29, 0.717) is 6.54 Å². The summed E-state index contributed by atoms with van der Waals surface area (Å²) in [5.41, 5.74) is 1.26. The molecule has 1 saturated carbocycles. The van der Waals surface area contributed by atoms with Gasteiger partial charge in [-0.2, -0.15) is 0 Å². The Labute approximate surface area is 131 Å². The number of hydrogen-bond donors (Lipinski definition) is 1. The van der Waals surface area contributed by atoms with Gasteiger partial charge in [0.15, 0.2) is 0 Å². The molecule has 2 aromatic rings. The molecule has 1 heterocycles. The first-order valence-corrected chi connectivity index (χ1v) is 8.14. The van der Waals surface area contributed by atoms with E-state index >= 15 is 0 Å². The smallest absolute Gasteiger partial charge is 0.223 e. The third-order valence-corrected chi connectivity index (χ3v) is 4.37. The molecule has 1 aliphatic rings. The van der Waals surface area contributed by atoms with E-state index in [4.69, 9.17) is 0 Å². The fourth-order valence-electron chi connectivity index (χ4n) is 3.12. The van der Waals surface area contributed by atoms with Crippen LogP contribution in [0.3, 0.4) is 0 Å². The molecular weight excluding hydrogens is 274 g/mol. The van der Waals surface area contributed by atoms with Crippen LogP contribution in [0, 0.1) is 5.92 Å². The molecule has 0 bridgehead atoms. The van der Waals surface area contributed by atoms with Gasteiger partial charge in [0, 0.05) is 37.8 Å². The van der Waals surface area contributed by atoms with Gasteiger partial charge >= 0.3 is 0 Å². The number of hydrogen-bond acceptors (Lipinski definition) is 2. The molecule has 0 unspecified atom stereocenters. The van der Waals surface area contributed by atoms with Gasteiger partial charge in [-0.1, -0.05) is 43.2 Å². The number of amides is 1. The van der Waals surface area contributed by atoms with Crippen LogP contribution in [-0.2, 0) is 17.8 Å². The summed E-state index contributed by atoms with van der Waals surface area (Å²) < 4.78 is 2.15. The van der Waals surface area contributed by atoms with Crippen LogP contribution in [-0.4, -0.2) is 22.0 Å². The van der Waals surface area contributed by atoms with Crippen molar-refractivity contribution in [2.24, 2.45) is 5.92 Å². The molecule has 1 aromatic carbocycles. The third kappa shape index (κ3) is 3.75. The van der Waals surface area contributed by atoms with Gasteiger partial charge < -0.3 is 9.88 Å². The zero-order valence-corrected chi connectivity index (χ0v) is 12.9. The molecule has 0 aliphatic heterocycles. The van der Waals surface area contributed by atoms with Gasteiger partial charge in [-0.25, -0.2) is 4.98 Å². The van der Waals surface area contributed by atoms with Crippen molar-refractivity contribution in [3.63, 3.8) is 0 Å². The lowest BCUT2D eigenvalue weighted by molar-refractivity contribution is -0.124. The monoisotopic (exact) mass is 297 g/mol. The van der Waals surface area contributed by atoms with E-state index in [1.54, 1.807) is 0 Å². The van der Waals surface area contributed by atoms with Crippen LogP contribution in [0.25, 0.3) is 0 Å². The van der Waals surface area contributed by atoms with Crippen molar-refractivity contribution in [1.82, 2.24) is 14.9 Å². The minimum Gasteiger partial charge on any atom is -0.355 e. The summed E-state index contributed by atoms with van der Waals surface area (Å²) >= 11 is 0. The number of aromatic nitrogens is 2. The number of imidazole rings is 1. The molecule has 1 N–H and O–H groups in total. The molecule has 1 aliphatic carbocycles. The highest BCUT2D eigenvalue weighted by Crippen LogP contribution is 2.24. The molecule has 1 amide bonds. The minimum atomic E-state index is 0.221. The molecule has 116 valence electrons. The van der Waals surface area contributed by atoms with Crippen LogP contribution in [0.15, 0.2) is 42.7 Å². The normalized spacial score (nSPS) is 15.1. The number of carbonyl (C=O) groups is 1. The highest BCUT2D eigenvalue weighted by molar-refractivity contribution is 5.78. The Morgan fingerprint density at radius 1 is 1.23 bits per heavy atom. The Hall–Kier alpha value is -2.10. The first-order valence-electron chi connectivity index (χ1n) is 8.14. The molecule has 4 heteroatoms. The maximum atomic E-state index is 12.0. The zero-order chi connectivity index (χ0) is 15.2. The van der Waals surface area contributed by atoms with Crippen molar-refractivity contribution in [2.75, 3.05) is 6.54 Å². The Morgan fingerprint density at radius 2 is 2.00 bits per heavy atom. The molecule has 0 saturated heterocycles. The lowest BCUT2D eigenvalue weighted by Gasteiger charge is -2.11. The Morgan fingerprint density at radius 3 is 2.77 bits per heavy atom. The van der Waals surface area contributed by atoms with E-state index < -0.39 is 0 Å². The number of nitrogens with one attached hydrogen (secondary N) is 1. The number of carbonyl (C=O) groups excluding carboxylic acids is 1. The molecule has 4 nitrogen and oxygen atoms in total. The van der Waals surface area contributed by atoms with Crippen LogP contribution in [0.2, 0.25) is 0 Å². The molecule has 0 atom stereocenters. The molecule has 0 spiro atoms. The summed E-state index contributed by atoms with van der Waals surface area (Å²) in [5, 5.41) is 3.06. The van der Waals surface area contributed by atoms with Gasteiger partial charge in [0.1, 0.15) is 5.82 Å². The van der Waals surface area contributed by atoms with Gasteiger partial charge in [-0.05, 0) is 18.4 Å². The molecule has 3 rings (SSSR count). The lowest BCUT2D eigenvalue weighted by atomic mass is 10.1. The Bertz CT molecular complexity index is 600. The van der Waals surface area contributed by atoms with Crippen LogP contribution in [0.4, 0.5) is 0 Å². The predicted octanol–water partition coefficient (Wildman–Crippen LogP) is 2.78. The fraction of sp³-hybridized carbons (Fsp3) is 0.444. The van der Waals surface area contributed by atoms with Crippen molar-refractivity contribution in [3.8, 4) is 0 Å². The third-order valence-electron chi connectivity index (χ3n) is 4.37. The SMILES string of the molecule is O=C(NCCc1nccn1Cc1ccccc1)C1CCCC1. The van der Waals surface area contributed by atoms with Crippen LogP contribution < -0.4 is 5.32 Å². The van der Waals surface area contributed by atoms with Crippen molar-refractivity contribution < 1.29 is 4.79 Å². The molecule has 0 radical (unpaired) electrons. The number of nitrogens with zero attached hydrogens (tertiary/aromatic N) is 2. The topological polar surface area (TPSA) is 46.9 Å². The van der Waals surface area contributed by atoms with Crippen molar-refractivity contribution in [1.29, 1.82) is 0 Å². The summed E-state index contributed by atoms with van der Waals surface area (Å²) in [6.07, 6.45) is 9.10. The second kappa shape index (κ2) is 7.25. The highest BCUT2D eigenvalue weighted by atomic mass is 16.1. The minimum absolute atomic E-state index is 0.221. The van der Waals surface area contributed by atoms with Crippen LogP contribution >= 0.6 is 0 Å². The Balaban J connectivity index is 1.51. The standard InChI is InChI=1S/C18H23N3O/c22-18(16-8-4-5-9-16)20-11-10-17-19-12-13-21(17)14-15-6-2-1-3-7-15/h1-3,6-7,12-13,16H,4-5,8-11,14H2,(H,20,22). The van der Waals surface area contributed by atoms with Crippen LogP contribution in [0.1, 0.15) is 37.1 Å². The Kier molecular flexibility index (Phi) is 4.88. The van der Waals surface area contributed by atoms with Gasteiger partial charge in [-0.15, -0.1) is 0 Å². The summed E-state index contributed by atoms with van der Waals surface area (Å²) in [7, 11) is 0. The van der Waals surface area contributed by atoms with Gasteiger partial charge in [-0.3, -0.25) is 4.79 Å². The first kappa shape index (κ1) is 14.8. The second-order valence-corrected chi connectivity index (χ2v) is 5.98. The summed E-state index contributed by atoms with van der Waals surface area (Å²) in [6.45, 7) is 1.49. The summed E-state index contributed by atoms with van der Waals surface area (Å²) in [6, 6.07) is 10.4. The van der Waals surface area contributed by atoms with Crippen molar-refractivity contribution in [2.45, 2.75) is 38.6 Å². The van der Waals surface area contributed by atoms with E-state index in [0.717, 1.165) is 31.6 Å². The molecular formula is C18H23N3O. The van der Waals surface area contributed by atoms with Crippen LogP contribution in [0.5, 0.6) is 0 Å². The predicted molar refractivity (Wildman–Crippen MR) is 86.4 cm³/mol. The highest BCUT2D eigenvalue weighted by Gasteiger charge is 2.22. The van der Waals surface area contributed by atoms with E-state index in [1.165, 1.54) is 18.4 Å². The average Bonchev–Trinajstić information content (AvgIpc) is 3.20. The first-order chi connectivity index (χ1) is 10.8. The van der Waals surface area contributed by atoms with E-state index in [1.807, 2.05) is 30.6 Å². The summed E-state index contributed by atoms with van der Waals surface area (Å²) in [4.78, 5) is 16.4. The van der Waals surface area contributed by atoms with Gasteiger partial charge in [0.25, 0.3) is 0 Å². The van der Waals surface area contributed by atoms with E-state index in [9.17, 15) is 4.79 Å². The molecule has 22 heavy (non-hydrogen) atoms. The number of rotatable bonds is 6. The maximum absolute atomic E-state index is 12.0. The van der Waals surface area contributed by atoms with E-state index in [-0.39, 0.29) is 11.8 Å². The number of benzene rings is 1. The second-order valence-electron chi connectivity index (χ2n) is 5.98. The largest absolute Gasteiger partial charge is 0.355 e. The van der Waals surface area contributed by atoms with Gasteiger partial charge in [0.2, 0.25) is 5.91 Å². The van der Waals surface area contributed by atoms with Crippen molar-refractivity contribution >= 4 is 5.91 Å². The fourth-order valence-corrected chi connectivity index (χ4v) is 3.12. The molecule has 1 aromatic heterocycles. The van der Waals surface area contributed by atoms with Gasteiger partial charge in [0.05, 0.1) is 0 Å².